The number of methoxy groups -OCH3 is 1. The van der Waals surface area contributed by atoms with Crippen molar-refractivity contribution in [2.24, 2.45) is 0 Å². The first kappa shape index (κ1) is 20.7. The summed E-state index contributed by atoms with van der Waals surface area (Å²) in [5, 5.41) is 3.69. The first-order valence-electron chi connectivity index (χ1n) is 8.34. The van der Waals surface area contributed by atoms with Crippen LogP contribution in [-0.2, 0) is 24.4 Å². The third kappa shape index (κ3) is 5.61. The number of imidazole rings is 1. The molecule has 0 radical (unpaired) electrons. The van der Waals surface area contributed by atoms with E-state index >= 15 is 0 Å². The Balaban J connectivity index is 0.00000132. The molecule has 1 aliphatic heterocycles. The molecule has 0 unspecified atom stereocenters. The van der Waals surface area contributed by atoms with Crippen LogP contribution in [-0.4, -0.2) is 47.3 Å². The third-order valence-electron chi connectivity index (χ3n) is 4.80. The van der Waals surface area contributed by atoms with E-state index in [1.54, 1.807) is 7.11 Å². The number of rotatable bonds is 6. The Bertz CT molecular complexity index is 449. The van der Waals surface area contributed by atoms with E-state index < -0.39 is 0 Å². The molecule has 134 valence electrons. The van der Waals surface area contributed by atoms with Gasteiger partial charge >= 0.3 is 0 Å². The minimum atomic E-state index is 0. The maximum absolute atomic E-state index is 5.22. The SMILES string of the molecule is COCCN1CCCn2cnc(CNC3CCCC3)c2C1.Cl.Cl. The zero-order chi connectivity index (χ0) is 14.5. The van der Waals surface area contributed by atoms with Crippen LogP contribution in [0.25, 0.3) is 0 Å². The molecular weight excluding hydrogens is 335 g/mol. The van der Waals surface area contributed by atoms with Crippen LogP contribution in [0.3, 0.4) is 0 Å². The van der Waals surface area contributed by atoms with Gasteiger partial charge in [-0.3, -0.25) is 4.90 Å². The van der Waals surface area contributed by atoms with Gasteiger partial charge < -0.3 is 14.6 Å². The van der Waals surface area contributed by atoms with Crippen molar-refractivity contribution in [2.45, 2.75) is 57.8 Å². The number of aryl methyl sites for hydroxylation is 1. The molecular formula is C16H30Cl2N4O. The molecule has 1 aromatic rings. The lowest BCUT2D eigenvalue weighted by molar-refractivity contribution is 0.145. The number of fused-ring (bicyclic) bond motifs is 1. The molecule has 2 heterocycles. The molecule has 2 aliphatic rings. The van der Waals surface area contributed by atoms with Gasteiger partial charge in [0.25, 0.3) is 0 Å². The van der Waals surface area contributed by atoms with Crippen molar-refractivity contribution in [3.8, 4) is 0 Å². The number of hydrogen-bond acceptors (Lipinski definition) is 4. The number of hydrogen-bond donors (Lipinski definition) is 1. The molecule has 0 amide bonds. The van der Waals surface area contributed by atoms with Crippen LogP contribution in [0.1, 0.15) is 43.5 Å². The average molecular weight is 365 g/mol. The molecule has 7 heteroatoms. The van der Waals surface area contributed by atoms with Gasteiger partial charge in [0, 0.05) is 45.9 Å². The molecule has 3 rings (SSSR count). The molecule has 0 atom stereocenters. The summed E-state index contributed by atoms with van der Waals surface area (Å²) in [6.45, 7) is 5.99. The van der Waals surface area contributed by atoms with Gasteiger partial charge in [0.2, 0.25) is 0 Å². The number of nitrogens with zero attached hydrogens (tertiary/aromatic N) is 3. The van der Waals surface area contributed by atoms with Crippen LogP contribution in [0, 0.1) is 0 Å². The van der Waals surface area contributed by atoms with Crippen LogP contribution in [0.15, 0.2) is 6.33 Å². The largest absolute Gasteiger partial charge is 0.383 e. The van der Waals surface area contributed by atoms with Crippen LogP contribution in [0.5, 0.6) is 0 Å². The molecule has 0 aromatic carbocycles. The number of halogens is 2. The summed E-state index contributed by atoms with van der Waals surface area (Å²) in [6, 6.07) is 0.706. The molecule has 5 nitrogen and oxygen atoms in total. The van der Waals surface area contributed by atoms with E-state index in [-0.39, 0.29) is 24.8 Å². The van der Waals surface area contributed by atoms with Gasteiger partial charge in [-0.05, 0) is 19.3 Å². The second-order valence-corrected chi connectivity index (χ2v) is 6.32. The van der Waals surface area contributed by atoms with Crippen molar-refractivity contribution in [1.29, 1.82) is 0 Å². The maximum atomic E-state index is 5.22. The molecule has 0 saturated heterocycles. The Labute approximate surface area is 152 Å². The van der Waals surface area contributed by atoms with Crippen molar-refractivity contribution in [3.63, 3.8) is 0 Å². The summed E-state index contributed by atoms with van der Waals surface area (Å²) in [5.41, 5.74) is 2.64. The molecule has 1 aromatic heterocycles. The summed E-state index contributed by atoms with van der Waals surface area (Å²) in [6.07, 6.45) is 8.64. The second-order valence-electron chi connectivity index (χ2n) is 6.32. The van der Waals surface area contributed by atoms with E-state index in [4.69, 9.17) is 4.74 Å². The minimum Gasteiger partial charge on any atom is -0.383 e. The maximum Gasteiger partial charge on any atom is 0.0952 e. The Hall–Kier alpha value is -0.330. The Morgan fingerprint density at radius 3 is 2.74 bits per heavy atom. The van der Waals surface area contributed by atoms with E-state index in [0.717, 1.165) is 39.3 Å². The standard InChI is InChI=1S/C16H28N4O.2ClH/c1-21-10-9-19-7-4-8-20-13-18-15(16(20)12-19)11-17-14-5-2-3-6-14;;/h13-14,17H,2-12H2,1H3;2*1H. The van der Waals surface area contributed by atoms with Gasteiger partial charge in [-0.1, -0.05) is 12.8 Å². The van der Waals surface area contributed by atoms with E-state index in [9.17, 15) is 0 Å². The van der Waals surface area contributed by atoms with Gasteiger partial charge in [0.05, 0.1) is 24.3 Å². The highest BCUT2D eigenvalue weighted by Gasteiger charge is 2.20. The van der Waals surface area contributed by atoms with E-state index in [1.165, 1.54) is 43.5 Å². The van der Waals surface area contributed by atoms with Crippen LogP contribution in [0.2, 0.25) is 0 Å². The second kappa shape index (κ2) is 10.5. The van der Waals surface area contributed by atoms with Crippen molar-refractivity contribution in [2.75, 3.05) is 26.8 Å². The van der Waals surface area contributed by atoms with Gasteiger partial charge in [0.15, 0.2) is 0 Å². The predicted octanol–water partition coefficient (Wildman–Crippen LogP) is 2.61. The smallest absolute Gasteiger partial charge is 0.0952 e. The third-order valence-corrected chi connectivity index (χ3v) is 4.80. The quantitative estimate of drug-likeness (QED) is 0.842. The van der Waals surface area contributed by atoms with Gasteiger partial charge in [-0.15, -0.1) is 24.8 Å². The lowest BCUT2D eigenvalue weighted by Crippen LogP contribution is -2.29. The van der Waals surface area contributed by atoms with Crippen LogP contribution < -0.4 is 5.32 Å². The highest BCUT2D eigenvalue weighted by Crippen LogP contribution is 2.20. The number of aromatic nitrogens is 2. The monoisotopic (exact) mass is 364 g/mol. The lowest BCUT2D eigenvalue weighted by atomic mass is 10.2. The minimum absolute atomic E-state index is 0. The summed E-state index contributed by atoms with van der Waals surface area (Å²) >= 11 is 0. The zero-order valence-electron chi connectivity index (χ0n) is 14.0. The first-order chi connectivity index (χ1) is 10.4. The number of nitrogens with one attached hydrogen (secondary N) is 1. The Morgan fingerprint density at radius 1 is 1.22 bits per heavy atom. The highest BCUT2D eigenvalue weighted by atomic mass is 35.5. The fourth-order valence-electron chi connectivity index (χ4n) is 3.51. The molecule has 0 bridgehead atoms. The van der Waals surface area contributed by atoms with Crippen molar-refractivity contribution < 1.29 is 4.74 Å². The molecule has 23 heavy (non-hydrogen) atoms. The Kier molecular flexibility index (Phi) is 9.47. The fourth-order valence-corrected chi connectivity index (χ4v) is 3.51. The van der Waals surface area contributed by atoms with Gasteiger partial charge in [-0.2, -0.15) is 0 Å². The normalized spacial score (nSPS) is 18.8. The highest BCUT2D eigenvalue weighted by molar-refractivity contribution is 5.85. The van der Waals surface area contributed by atoms with Crippen LogP contribution in [0.4, 0.5) is 0 Å². The molecule has 1 fully saturated rings. The van der Waals surface area contributed by atoms with Crippen LogP contribution >= 0.6 is 24.8 Å². The summed E-state index contributed by atoms with van der Waals surface area (Å²) < 4.78 is 7.57. The summed E-state index contributed by atoms with van der Waals surface area (Å²) in [7, 11) is 1.78. The van der Waals surface area contributed by atoms with Gasteiger partial charge in [0.1, 0.15) is 0 Å². The van der Waals surface area contributed by atoms with E-state index in [2.05, 4.69) is 19.8 Å². The molecule has 1 saturated carbocycles. The van der Waals surface area contributed by atoms with Crippen molar-refractivity contribution in [1.82, 2.24) is 19.8 Å². The fraction of sp³-hybridized carbons (Fsp3) is 0.812. The topological polar surface area (TPSA) is 42.3 Å². The molecule has 1 aliphatic carbocycles. The van der Waals surface area contributed by atoms with E-state index in [1.807, 2.05) is 6.33 Å². The lowest BCUT2D eigenvalue weighted by Gasteiger charge is -2.19. The number of ether oxygens (including phenoxy) is 1. The summed E-state index contributed by atoms with van der Waals surface area (Å²) in [5.74, 6) is 0. The van der Waals surface area contributed by atoms with E-state index in [0.29, 0.717) is 6.04 Å². The van der Waals surface area contributed by atoms with Crippen molar-refractivity contribution >= 4 is 24.8 Å². The molecule has 0 spiro atoms. The first-order valence-corrected chi connectivity index (χ1v) is 8.34. The Morgan fingerprint density at radius 2 is 2.00 bits per heavy atom. The average Bonchev–Trinajstić information content (AvgIpc) is 3.09. The molecule has 1 N–H and O–H groups in total. The van der Waals surface area contributed by atoms with Gasteiger partial charge in [-0.25, -0.2) is 4.98 Å². The predicted molar refractivity (Wildman–Crippen MR) is 97.6 cm³/mol. The van der Waals surface area contributed by atoms with Crippen molar-refractivity contribution in [3.05, 3.63) is 17.7 Å². The zero-order valence-corrected chi connectivity index (χ0v) is 15.6. The summed E-state index contributed by atoms with van der Waals surface area (Å²) in [4.78, 5) is 7.15.